The second-order valence-corrected chi connectivity index (χ2v) is 11.6. The summed E-state index contributed by atoms with van der Waals surface area (Å²) in [5.74, 6) is 0. The van der Waals surface area contributed by atoms with Gasteiger partial charge in [-0.15, -0.1) is 0 Å². The van der Waals surface area contributed by atoms with E-state index in [0.29, 0.717) is 10.1 Å². The molecule has 0 aliphatic rings. The molecule has 0 aromatic rings. The van der Waals surface area contributed by atoms with Gasteiger partial charge in [0.25, 0.3) is 0 Å². The average molecular weight is 187 g/mol. The van der Waals surface area contributed by atoms with Crippen molar-refractivity contribution in [3.8, 4) is 0 Å². The highest BCUT2D eigenvalue weighted by Crippen LogP contribution is 2.48. The molecule has 0 fully saturated rings. The molecule has 0 saturated heterocycles. The Morgan fingerprint density at radius 3 is 1.08 bits per heavy atom. The van der Waals surface area contributed by atoms with Crippen LogP contribution in [-0.2, 0) is 0 Å². The van der Waals surface area contributed by atoms with Crippen LogP contribution in [0.2, 0.25) is 16.6 Å². The maximum absolute atomic E-state index is 3.60. The molecule has 0 aliphatic heterocycles. The second-order valence-electron chi connectivity index (χ2n) is 5.88. The molecule has 74 valence electrons. The minimum absolute atomic E-state index is 0.417. The lowest BCUT2D eigenvalue weighted by molar-refractivity contribution is 0.595. The van der Waals surface area contributed by atoms with Crippen LogP contribution in [0.1, 0.15) is 41.5 Å². The summed E-state index contributed by atoms with van der Waals surface area (Å²) in [6.45, 7) is 16.5. The van der Waals surface area contributed by atoms with Gasteiger partial charge in [-0.05, 0) is 17.1 Å². The van der Waals surface area contributed by atoms with Crippen molar-refractivity contribution in [2.75, 3.05) is 7.05 Å². The SMILES string of the molecule is CN[Si](C)(C(C)(C)C)C(C)(C)C. The fourth-order valence-corrected chi connectivity index (χ4v) is 5.62. The quantitative estimate of drug-likeness (QED) is 0.621. The van der Waals surface area contributed by atoms with Crippen LogP contribution >= 0.6 is 0 Å². The van der Waals surface area contributed by atoms with Crippen LogP contribution in [0.25, 0.3) is 0 Å². The molecule has 0 heterocycles. The molecule has 1 nitrogen and oxygen atoms in total. The van der Waals surface area contributed by atoms with Crippen LogP contribution < -0.4 is 4.98 Å². The first-order valence-corrected chi connectivity index (χ1v) is 7.25. The molecule has 0 saturated carbocycles. The Morgan fingerprint density at radius 2 is 1.08 bits per heavy atom. The molecule has 0 atom stereocenters. The van der Waals surface area contributed by atoms with E-state index in [-0.39, 0.29) is 0 Å². The Kier molecular flexibility index (Phi) is 3.19. The molecular formula is C10H25NSi. The van der Waals surface area contributed by atoms with Crippen LogP contribution in [0.4, 0.5) is 0 Å². The highest BCUT2D eigenvalue weighted by Gasteiger charge is 2.47. The molecule has 0 bridgehead atoms. The van der Waals surface area contributed by atoms with Gasteiger partial charge in [0.2, 0.25) is 0 Å². The van der Waals surface area contributed by atoms with Gasteiger partial charge in [0.15, 0.2) is 0 Å². The molecule has 0 aromatic heterocycles. The van der Waals surface area contributed by atoms with Crippen molar-refractivity contribution in [2.24, 2.45) is 0 Å². The summed E-state index contributed by atoms with van der Waals surface area (Å²) in [6, 6.07) is 0. The Labute approximate surface area is 79.0 Å². The van der Waals surface area contributed by atoms with Gasteiger partial charge in [-0.3, -0.25) is 0 Å². The monoisotopic (exact) mass is 187 g/mol. The number of nitrogens with one attached hydrogen (secondary N) is 1. The third kappa shape index (κ3) is 1.91. The fourth-order valence-electron chi connectivity index (χ4n) is 1.88. The van der Waals surface area contributed by atoms with Crippen LogP contribution in [-0.4, -0.2) is 15.3 Å². The van der Waals surface area contributed by atoms with Gasteiger partial charge < -0.3 is 4.98 Å². The van der Waals surface area contributed by atoms with Crippen molar-refractivity contribution >= 4 is 8.24 Å². The lowest BCUT2D eigenvalue weighted by atomic mass is 10.2. The van der Waals surface area contributed by atoms with Crippen LogP contribution in [0.3, 0.4) is 0 Å². The smallest absolute Gasteiger partial charge is 0.133 e. The summed E-state index contributed by atoms with van der Waals surface area (Å²) in [5, 5.41) is 0.833. The predicted octanol–water partition coefficient (Wildman–Crippen LogP) is 3.38. The van der Waals surface area contributed by atoms with E-state index >= 15 is 0 Å². The number of hydrogen-bond donors (Lipinski definition) is 1. The highest BCUT2D eigenvalue weighted by atomic mass is 28.3. The summed E-state index contributed by atoms with van der Waals surface area (Å²) >= 11 is 0. The highest BCUT2D eigenvalue weighted by molar-refractivity contribution is 6.81. The first kappa shape index (κ1) is 12.2. The van der Waals surface area contributed by atoms with Crippen molar-refractivity contribution in [3.05, 3.63) is 0 Å². The van der Waals surface area contributed by atoms with E-state index in [0.717, 1.165) is 0 Å². The van der Waals surface area contributed by atoms with E-state index in [4.69, 9.17) is 0 Å². The first-order chi connectivity index (χ1) is 5.06. The van der Waals surface area contributed by atoms with Gasteiger partial charge >= 0.3 is 0 Å². The van der Waals surface area contributed by atoms with E-state index in [1.54, 1.807) is 0 Å². The van der Waals surface area contributed by atoms with Gasteiger partial charge in [-0.1, -0.05) is 48.1 Å². The van der Waals surface area contributed by atoms with Gasteiger partial charge in [0.05, 0.1) is 0 Å². The van der Waals surface area contributed by atoms with E-state index in [2.05, 4.69) is 60.1 Å². The molecule has 0 aromatic carbocycles. The molecule has 0 spiro atoms. The Morgan fingerprint density at radius 1 is 0.833 bits per heavy atom. The topological polar surface area (TPSA) is 12.0 Å². The second kappa shape index (κ2) is 3.15. The minimum Gasteiger partial charge on any atom is -0.339 e. The van der Waals surface area contributed by atoms with E-state index in [1.165, 1.54) is 0 Å². The molecule has 0 aliphatic carbocycles. The van der Waals surface area contributed by atoms with Crippen molar-refractivity contribution < 1.29 is 0 Å². The van der Waals surface area contributed by atoms with E-state index in [1.807, 2.05) is 0 Å². The van der Waals surface area contributed by atoms with Crippen molar-refractivity contribution in [1.29, 1.82) is 0 Å². The predicted molar refractivity (Wildman–Crippen MR) is 60.1 cm³/mol. The lowest BCUT2D eigenvalue weighted by Crippen LogP contribution is -2.59. The molecule has 0 unspecified atom stereocenters. The zero-order valence-electron chi connectivity index (χ0n) is 10.0. The van der Waals surface area contributed by atoms with Gasteiger partial charge in [-0.2, -0.15) is 0 Å². The van der Waals surface area contributed by atoms with Crippen LogP contribution in [0.5, 0.6) is 0 Å². The molecule has 0 rings (SSSR count). The largest absolute Gasteiger partial charge is 0.339 e. The minimum atomic E-state index is -1.38. The van der Waals surface area contributed by atoms with Gasteiger partial charge in [0.1, 0.15) is 8.24 Å². The maximum atomic E-state index is 3.60. The third-order valence-electron chi connectivity index (χ3n) is 3.50. The molecular weight excluding hydrogens is 162 g/mol. The Balaban J connectivity index is 4.95. The van der Waals surface area contributed by atoms with Gasteiger partial charge in [-0.25, -0.2) is 0 Å². The van der Waals surface area contributed by atoms with Crippen molar-refractivity contribution in [1.82, 2.24) is 4.98 Å². The summed E-state index contributed by atoms with van der Waals surface area (Å²) in [5.41, 5.74) is 0. The van der Waals surface area contributed by atoms with E-state index in [9.17, 15) is 0 Å². The first-order valence-electron chi connectivity index (χ1n) is 4.75. The summed E-state index contributed by atoms with van der Waals surface area (Å²) < 4.78 is 0. The zero-order chi connectivity index (χ0) is 10.2. The summed E-state index contributed by atoms with van der Waals surface area (Å²) in [6.07, 6.45) is 0. The van der Waals surface area contributed by atoms with Crippen molar-refractivity contribution in [3.63, 3.8) is 0 Å². The zero-order valence-corrected chi connectivity index (χ0v) is 11.0. The molecule has 0 radical (unpaired) electrons. The molecule has 2 heteroatoms. The number of hydrogen-bond acceptors (Lipinski definition) is 1. The van der Waals surface area contributed by atoms with Crippen molar-refractivity contribution in [2.45, 2.75) is 58.2 Å². The van der Waals surface area contributed by atoms with Crippen LogP contribution in [0.15, 0.2) is 0 Å². The fraction of sp³-hybridized carbons (Fsp3) is 1.00. The Bertz CT molecular complexity index is 136. The molecule has 1 N–H and O–H groups in total. The third-order valence-corrected chi connectivity index (χ3v) is 10.5. The lowest BCUT2D eigenvalue weighted by Gasteiger charge is -2.49. The summed E-state index contributed by atoms with van der Waals surface area (Å²) in [7, 11) is 0.737. The number of rotatable bonds is 1. The average Bonchev–Trinajstić information content (AvgIpc) is 1.81. The van der Waals surface area contributed by atoms with E-state index < -0.39 is 8.24 Å². The normalized spacial score (nSPS) is 15.0. The molecule has 12 heavy (non-hydrogen) atoms. The summed E-state index contributed by atoms with van der Waals surface area (Å²) in [4.78, 5) is 3.60. The van der Waals surface area contributed by atoms with Gasteiger partial charge in [0, 0.05) is 0 Å². The molecule has 0 amide bonds. The standard InChI is InChI=1S/C10H25NSi/c1-9(2,3)12(8,11-7)10(4,5)6/h11H,1-8H3. The maximum Gasteiger partial charge on any atom is 0.133 e. The van der Waals surface area contributed by atoms with Crippen LogP contribution in [0, 0.1) is 0 Å². The Hall–Kier alpha value is 0.177.